The highest BCUT2D eigenvalue weighted by Crippen LogP contribution is 2.39. The number of likely N-dealkylation sites (tertiary alicyclic amines) is 2. The molecule has 1 aliphatic carbocycles. The SMILES string of the molecule is Cc1ccccc1C1CCN(C(=O)N[C@@H](C(=O)Nc2cc(CN(C)C)ccc2C(=O)N2CCCC2)[C@@H](C)C2=CNC3CCCCC23)CC1. The molecule has 2 aromatic rings. The minimum atomic E-state index is -0.799. The molecule has 3 aliphatic heterocycles. The van der Waals surface area contributed by atoms with Crippen molar-refractivity contribution in [3.05, 3.63) is 76.5 Å². The number of nitrogens with zero attached hydrogens (tertiary/aromatic N) is 3. The van der Waals surface area contributed by atoms with Crippen molar-refractivity contribution in [3.8, 4) is 0 Å². The van der Waals surface area contributed by atoms with Crippen LogP contribution in [0.15, 0.2) is 54.2 Å². The predicted molar refractivity (Wildman–Crippen MR) is 191 cm³/mol. The maximum Gasteiger partial charge on any atom is 0.318 e. The van der Waals surface area contributed by atoms with Crippen LogP contribution in [-0.2, 0) is 11.3 Å². The van der Waals surface area contributed by atoms with Crippen LogP contribution < -0.4 is 16.0 Å². The third kappa shape index (κ3) is 7.56. The van der Waals surface area contributed by atoms with Gasteiger partial charge in [0.05, 0.1) is 11.3 Å². The van der Waals surface area contributed by atoms with Gasteiger partial charge in [0.2, 0.25) is 5.91 Å². The summed E-state index contributed by atoms with van der Waals surface area (Å²) >= 11 is 0. The summed E-state index contributed by atoms with van der Waals surface area (Å²) in [6, 6.07) is 13.7. The first-order chi connectivity index (χ1) is 23.2. The van der Waals surface area contributed by atoms with Gasteiger partial charge in [-0.2, -0.15) is 0 Å². The number of amides is 4. The number of fused-ring (bicyclic) bond motifs is 1. The van der Waals surface area contributed by atoms with Crippen molar-refractivity contribution in [2.24, 2.45) is 11.8 Å². The Morgan fingerprint density at radius 1 is 0.917 bits per heavy atom. The molecule has 6 rings (SSSR count). The second-order valence-electron chi connectivity index (χ2n) is 14.7. The van der Waals surface area contributed by atoms with E-state index in [1.807, 2.05) is 42.1 Å². The summed E-state index contributed by atoms with van der Waals surface area (Å²) in [5, 5.41) is 9.94. The molecule has 3 heterocycles. The summed E-state index contributed by atoms with van der Waals surface area (Å²) in [4.78, 5) is 47.9. The minimum Gasteiger partial charge on any atom is -0.388 e. The lowest BCUT2D eigenvalue weighted by Crippen LogP contribution is -2.54. The molecule has 258 valence electrons. The van der Waals surface area contributed by atoms with Crippen LogP contribution in [0.5, 0.6) is 0 Å². The number of aryl methyl sites for hydroxylation is 1. The van der Waals surface area contributed by atoms with Crippen molar-refractivity contribution in [2.75, 3.05) is 45.6 Å². The van der Waals surface area contributed by atoms with Crippen LogP contribution in [0.2, 0.25) is 0 Å². The third-order valence-electron chi connectivity index (χ3n) is 11.1. The Morgan fingerprint density at radius 2 is 1.65 bits per heavy atom. The van der Waals surface area contributed by atoms with Gasteiger partial charge in [0.15, 0.2) is 0 Å². The van der Waals surface area contributed by atoms with Crippen LogP contribution in [0.4, 0.5) is 10.5 Å². The van der Waals surface area contributed by atoms with E-state index in [1.54, 1.807) is 0 Å². The van der Waals surface area contributed by atoms with E-state index in [1.165, 1.54) is 29.5 Å². The normalized spacial score (nSPS) is 22.5. The molecular formula is C39H54N6O3. The molecule has 9 heteroatoms. The first-order valence-electron chi connectivity index (χ1n) is 18.1. The smallest absolute Gasteiger partial charge is 0.318 e. The summed E-state index contributed by atoms with van der Waals surface area (Å²) < 4.78 is 0. The van der Waals surface area contributed by atoms with Crippen LogP contribution in [0.25, 0.3) is 0 Å². The van der Waals surface area contributed by atoms with Crippen molar-refractivity contribution >= 4 is 23.5 Å². The van der Waals surface area contributed by atoms with Crippen molar-refractivity contribution in [2.45, 2.75) is 89.8 Å². The molecule has 0 bridgehead atoms. The maximum atomic E-state index is 14.5. The molecular weight excluding hydrogens is 600 g/mol. The van der Waals surface area contributed by atoms with Gasteiger partial charge in [-0.15, -0.1) is 0 Å². The molecule has 0 radical (unpaired) electrons. The first kappa shape index (κ1) is 34.0. The lowest BCUT2D eigenvalue weighted by atomic mass is 9.76. The lowest BCUT2D eigenvalue weighted by molar-refractivity contribution is -0.118. The Labute approximate surface area is 286 Å². The van der Waals surface area contributed by atoms with Crippen LogP contribution in [0.1, 0.15) is 91.3 Å². The molecule has 0 aromatic heterocycles. The number of urea groups is 1. The van der Waals surface area contributed by atoms with Crippen molar-refractivity contribution in [3.63, 3.8) is 0 Å². The monoisotopic (exact) mass is 654 g/mol. The zero-order valence-corrected chi connectivity index (χ0v) is 29.3. The Kier molecular flexibility index (Phi) is 10.7. The molecule has 4 amide bonds. The molecule has 2 aromatic carbocycles. The van der Waals surface area contributed by atoms with Gasteiger partial charge in [-0.3, -0.25) is 9.59 Å². The van der Waals surface area contributed by atoms with E-state index in [9.17, 15) is 14.4 Å². The number of nitrogens with one attached hydrogen (secondary N) is 3. The van der Waals surface area contributed by atoms with Gasteiger partial charge in [-0.05, 0) is 106 Å². The fourth-order valence-corrected chi connectivity index (χ4v) is 8.43. The summed E-state index contributed by atoms with van der Waals surface area (Å²) in [5.41, 5.74) is 5.87. The Balaban J connectivity index is 1.23. The zero-order chi connectivity index (χ0) is 33.8. The number of rotatable bonds is 9. The van der Waals surface area contributed by atoms with Crippen molar-refractivity contribution < 1.29 is 14.4 Å². The topological polar surface area (TPSA) is 97.0 Å². The fourth-order valence-electron chi connectivity index (χ4n) is 8.43. The van der Waals surface area contributed by atoms with E-state index in [-0.39, 0.29) is 23.8 Å². The fraction of sp³-hybridized carbons (Fsp3) is 0.564. The van der Waals surface area contributed by atoms with E-state index in [0.29, 0.717) is 48.8 Å². The summed E-state index contributed by atoms with van der Waals surface area (Å²) in [6.45, 7) is 7.64. The van der Waals surface area contributed by atoms with Gasteiger partial charge in [-0.1, -0.05) is 50.1 Å². The Hall–Kier alpha value is -3.85. The average molecular weight is 655 g/mol. The lowest BCUT2D eigenvalue weighted by Gasteiger charge is -2.36. The van der Waals surface area contributed by atoms with E-state index in [0.717, 1.165) is 57.2 Å². The van der Waals surface area contributed by atoms with Gasteiger partial charge >= 0.3 is 6.03 Å². The number of hydrogen-bond donors (Lipinski definition) is 3. The molecule has 2 unspecified atom stereocenters. The molecule has 0 spiro atoms. The summed E-state index contributed by atoms with van der Waals surface area (Å²) in [5.74, 6) is 0.218. The van der Waals surface area contributed by atoms with Crippen LogP contribution >= 0.6 is 0 Å². The number of hydrogen-bond acceptors (Lipinski definition) is 5. The number of piperidine rings is 1. The molecule has 4 aliphatic rings. The molecule has 48 heavy (non-hydrogen) atoms. The van der Waals surface area contributed by atoms with E-state index < -0.39 is 6.04 Å². The molecule has 4 atom stereocenters. The zero-order valence-electron chi connectivity index (χ0n) is 29.3. The van der Waals surface area contributed by atoms with Crippen molar-refractivity contribution in [1.82, 2.24) is 25.3 Å². The standard InChI is InChI=1S/C39H54N6O3/c1-26-11-5-6-12-30(26)29-17-21-45(22-18-29)39(48)42-36(27(2)33-24-40-34-14-8-7-13-31(33)34)37(46)41-35-23-28(25-43(3)4)15-16-32(35)38(47)44-19-9-10-20-44/h5-6,11-12,15-16,23-24,27,29,31,34,36,40H,7-10,13-14,17-22,25H2,1-4H3,(H,41,46)(H,42,48)/t27-,31?,34?,36+/m0/s1. The number of benzene rings is 2. The number of carbonyl (C=O) groups excluding carboxylic acids is 3. The second kappa shape index (κ2) is 15.1. The van der Waals surface area contributed by atoms with Gasteiger partial charge in [0.1, 0.15) is 6.04 Å². The molecule has 3 fully saturated rings. The van der Waals surface area contributed by atoms with E-state index >= 15 is 0 Å². The van der Waals surface area contributed by atoms with Gasteiger partial charge < -0.3 is 30.7 Å². The highest BCUT2D eigenvalue weighted by Gasteiger charge is 2.40. The van der Waals surface area contributed by atoms with Gasteiger partial charge in [0.25, 0.3) is 5.91 Å². The van der Waals surface area contributed by atoms with E-state index in [4.69, 9.17) is 0 Å². The van der Waals surface area contributed by atoms with Gasteiger partial charge in [-0.25, -0.2) is 4.79 Å². The molecule has 1 saturated carbocycles. The van der Waals surface area contributed by atoms with Crippen molar-refractivity contribution in [1.29, 1.82) is 0 Å². The largest absolute Gasteiger partial charge is 0.388 e. The maximum absolute atomic E-state index is 14.5. The van der Waals surface area contributed by atoms with Crippen LogP contribution in [-0.4, -0.2) is 84.9 Å². The summed E-state index contributed by atoms with van der Waals surface area (Å²) in [6.07, 6.45) is 10.5. The quantitative estimate of drug-likeness (QED) is 0.314. The number of anilines is 1. The molecule has 3 N–H and O–H groups in total. The second-order valence-corrected chi connectivity index (χ2v) is 14.7. The third-order valence-corrected chi connectivity index (χ3v) is 11.1. The highest BCUT2D eigenvalue weighted by atomic mass is 16.2. The van der Waals surface area contributed by atoms with Crippen LogP contribution in [0.3, 0.4) is 0 Å². The summed E-state index contributed by atoms with van der Waals surface area (Å²) in [7, 11) is 4.00. The Morgan fingerprint density at radius 3 is 2.38 bits per heavy atom. The predicted octanol–water partition coefficient (Wildman–Crippen LogP) is 5.87. The molecule has 9 nitrogen and oxygen atoms in total. The van der Waals surface area contributed by atoms with Gasteiger partial charge in [0, 0.05) is 50.6 Å². The Bertz CT molecular complexity index is 1510. The first-order valence-corrected chi connectivity index (χ1v) is 18.1. The molecule has 2 saturated heterocycles. The minimum absolute atomic E-state index is 0.0582. The van der Waals surface area contributed by atoms with Crippen LogP contribution in [0, 0.1) is 18.8 Å². The average Bonchev–Trinajstić information content (AvgIpc) is 3.78. The van der Waals surface area contributed by atoms with E-state index in [2.05, 4.69) is 65.2 Å². The number of carbonyl (C=O) groups is 3. The highest BCUT2D eigenvalue weighted by molar-refractivity contribution is 6.05.